The Morgan fingerprint density at radius 3 is 2.63 bits per heavy atom. The number of hydrogen-bond acceptors (Lipinski definition) is 6. The Bertz CT molecular complexity index is 1210. The summed E-state index contributed by atoms with van der Waals surface area (Å²) in [6.07, 6.45) is 1.79. The first-order chi connectivity index (χ1) is 14.5. The van der Waals surface area contributed by atoms with Crippen LogP contribution in [0.5, 0.6) is 0 Å². The largest absolute Gasteiger partial charge is 0.377 e. The summed E-state index contributed by atoms with van der Waals surface area (Å²) in [5, 5.41) is 9.19. The van der Waals surface area contributed by atoms with Crippen LogP contribution < -0.4 is 4.90 Å². The number of halogens is 1. The van der Waals surface area contributed by atoms with Crippen LogP contribution in [0.1, 0.15) is 18.6 Å². The van der Waals surface area contributed by atoms with Crippen molar-refractivity contribution >= 4 is 16.7 Å². The van der Waals surface area contributed by atoms with Gasteiger partial charge in [-0.3, -0.25) is 4.57 Å². The maximum Gasteiger partial charge on any atom is 0.164 e. The fourth-order valence-corrected chi connectivity index (χ4v) is 3.99. The SMILES string of the molecule is Cc1nnc(C)n1-c1cc(N2CCOC[C@H]2C)nc(-c2cc(F)cc3[nH]ccc23)n1. The molecule has 4 aromatic rings. The minimum Gasteiger partial charge on any atom is -0.377 e. The van der Waals surface area contributed by atoms with Gasteiger partial charge in [0.2, 0.25) is 0 Å². The highest BCUT2D eigenvalue weighted by Crippen LogP contribution is 2.30. The number of anilines is 1. The zero-order chi connectivity index (χ0) is 20.8. The highest BCUT2D eigenvalue weighted by atomic mass is 19.1. The van der Waals surface area contributed by atoms with Crippen molar-refractivity contribution < 1.29 is 9.13 Å². The molecule has 1 fully saturated rings. The maximum atomic E-state index is 14.4. The molecule has 4 heterocycles. The van der Waals surface area contributed by atoms with Crippen molar-refractivity contribution in [3.8, 4) is 17.2 Å². The van der Waals surface area contributed by atoms with Crippen LogP contribution in [-0.4, -0.2) is 55.5 Å². The molecule has 0 spiro atoms. The first-order valence-electron chi connectivity index (χ1n) is 9.91. The molecule has 8 nitrogen and oxygen atoms in total. The summed E-state index contributed by atoms with van der Waals surface area (Å²) in [6.45, 7) is 7.84. The molecule has 1 saturated heterocycles. The number of H-pyrrole nitrogens is 1. The minimum absolute atomic E-state index is 0.164. The fraction of sp³-hybridized carbons (Fsp3) is 0.333. The second kappa shape index (κ2) is 7.17. The van der Waals surface area contributed by atoms with E-state index in [-0.39, 0.29) is 11.9 Å². The number of fused-ring (bicyclic) bond motifs is 1. The van der Waals surface area contributed by atoms with Crippen molar-refractivity contribution in [2.45, 2.75) is 26.8 Å². The number of nitrogens with one attached hydrogen (secondary N) is 1. The molecule has 1 N–H and O–H groups in total. The monoisotopic (exact) mass is 407 g/mol. The van der Waals surface area contributed by atoms with E-state index in [2.05, 4.69) is 27.0 Å². The van der Waals surface area contributed by atoms with E-state index < -0.39 is 0 Å². The lowest BCUT2D eigenvalue weighted by Crippen LogP contribution is -2.44. The smallest absolute Gasteiger partial charge is 0.164 e. The lowest BCUT2D eigenvalue weighted by molar-refractivity contribution is 0.0985. The van der Waals surface area contributed by atoms with E-state index in [0.29, 0.717) is 35.9 Å². The van der Waals surface area contributed by atoms with Gasteiger partial charge in [0.15, 0.2) is 5.82 Å². The number of nitrogens with zero attached hydrogens (tertiary/aromatic N) is 6. The van der Waals surface area contributed by atoms with E-state index in [9.17, 15) is 4.39 Å². The number of morpholine rings is 1. The average molecular weight is 407 g/mol. The Labute approximate surface area is 172 Å². The molecule has 0 amide bonds. The van der Waals surface area contributed by atoms with Crippen molar-refractivity contribution in [3.63, 3.8) is 0 Å². The van der Waals surface area contributed by atoms with E-state index in [4.69, 9.17) is 14.7 Å². The minimum atomic E-state index is -0.341. The molecule has 0 saturated carbocycles. The maximum absolute atomic E-state index is 14.4. The Kier molecular flexibility index (Phi) is 4.47. The third-order valence-corrected chi connectivity index (χ3v) is 5.45. The van der Waals surface area contributed by atoms with Crippen LogP contribution in [0.4, 0.5) is 10.2 Å². The van der Waals surface area contributed by atoms with Gasteiger partial charge in [0, 0.05) is 35.3 Å². The zero-order valence-corrected chi connectivity index (χ0v) is 17.1. The Morgan fingerprint density at radius 2 is 1.87 bits per heavy atom. The summed E-state index contributed by atoms with van der Waals surface area (Å²) >= 11 is 0. The molecule has 1 aromatic carbocycles. The fourth-order valence-electron chi connectivity index (χ4n) is 3.99. The first kappa shape index (κ1) is 18.7. The van der Waals surface area contributed by atoms with Crippen LogP contribution in [0.15, 0.2) is 30.5 Å². The van der Waals surface area contributed by atoms with Crippen LogP contribution in [0, 0.1) is 19.7 Å². The van der Waals surface area contributed by atoms with E-state index in [1.165, 1.54) is 12.1 Å². The number of rotatable bonds is 3. The average Bonchev–Trinajstić information content (AvgIpc) is 3.33. The summed E-state index contributed by atoms with van der Waals surface area (Å²) in [6, 6.07) is 6.96. The predicted molar refractivity (Wildman–Crippen MR) is 111 cm³/mol. The Balaban J connectivity index is 1.75. The molecule has 0 aliphatic carbocycles. The second-order valence-corrected chi connectivity index (χ2v) is 7.55. The molecule has 1 aliphatic rings. The summed E-state index contributed by atoms with van der Waals surface area (Å²) in [7, 11) is 0. The number of benzene rings is 1. The Morgan fingerprint density at radius 1 is 1.10 bits per heavy atom. The third kappa shape index (κ3) is 3.11. The quantitative estimate of drug-likeness (QED) is 0.562. The number of ether oxygens (including phenoxy) is 1. The summed E-state index contributed by atoms with van der Waals surface area (Å²) in [4.78, 5) is 14.9. The lowest BCUT2D eigenvalue weighted by Gasteiger charge is -2.34. The van der Waals surface area contributed by atoms with Crippen LogP contribution in [0.25, 0.3) is 28.1 Å². The molecule has 0 bridgehead atoms. The topological polar surface area (TPSA) is 84.8 Å². The van der Waals surface area contributed by atoms with Crippen molar-refractivity contribution in [1.29, 1.82) is 0 Å². The van der Waals surface area contributed by atoms with Crippen molar-refractivity contribution in [3.05, 3.63) is 47.9 Å². The predicted octanol–water partition coefficient (Wildman–Crippen LogP) is 3.19. The molecule has 154 valence electrons. The highest BCUT2D eigenvalue weighted by molar-refractivity contribution is 5.93. The van der Waals surface area contributed by atoms with Crippen molar-refractivity contribution in [1.82, 2.24) is 29.7 Å². The van der Waals surface area contributed by atoms with Gasteiger partial charge in [0.1, 0.15) is 29.1 Å². The molecule has 3 aromatic heterocycles. The number of aromatic nitrogens is 6. The van der Waals surface area contributed by atoms with Gasteiger partial charge in [-0.25, -0.2) is 14.4 Å². The second-order valence-electron chi connectivity index (χ2n) is 7.55. The van der Waals surface area contributed by atoms with Gasteiger partial charge in [-0.2, -0.15) is 0 Å². The molecule has 1 aliphatic heterocycles. The molecule has 1 atom stereocenters. The summed E-state index contributed by atoms with van der Waals surface area (Å²) < 4.78 is 21.8. The van der Waals surface area contributed by atoms with Crippen LogP contribution in [0.2, 0.25) is 0 Å². The van der Waals surface area contributed by atoms with Gasteiger partial charge >= 0.3 is 0 Å². The molecule has 0 radical (unpaired) electrons. The third-order valence-electron chi connectivity index (χ3n) is 5.45. The standard InChI is InChI=1S/C21H22FN7O/c1-12-11-30-7-6-28(12)19-10-20(29-13(2)26-27-14(29)3)25-21(24-19)17-8-15(22)9-18-16(17)4-5-23-18/h4-5,8-10,12,23H,6-7,11H2,1-3H3/t12-/m1/s1. The van der Waals surface area contributed by atoms with Gasteiger partial charge in [0.25, 0.3) is 0 Å². The molecule has 30 heavy (non-hydrogen) atoms. The molecular formula is C21H22FN7O. The van der Waals surface area contributed by atoms with Crippen LogP contribution in [0.3, 0.4) is 0 Å². The lowest BCUT2D eigenvalue weighted by atomic mass is 10.1. The molecule has 0 unspecified atom stereocenters. The van der Waals surface area contributed by atoms with Gasteiger partial charge in [-0.1, -0.05) is 0 Å². The highest BCUT2D eigenvalue weighted by Gasteiger charge is 2.23. The van der Waals surface area contributed by atoms with Crippen molar-refractivity contribution in [2.24, 2.45) is 0 Å². The van der Waals surface area contributed by atoms with Crippen LogP contribution in [-0.2, 0) is 4.74 Å². The van der Waals surface area contributed by atoms with Gasteiger partial charge in [0.05, 0.1) is 19.3 Å². The summed E-state index contributed by atoms with van der Waals surface area (Å²) in [5.41, 5.74) is 1.34. The summed E-state index contributed by atoms with van der Waals surface area (Å²) in [5.74, 6) is 2.99. The number of aromatic amines is 1. The normalized spacial score (nSPS) is 17.1. The van der Waals surface area contributed by atoms with E-state index >= 15 is 0 Å². The zero-order valence-electron chi connectivity index (χ0n) is 17.1. The van der Waals surface area contributed by atoms with Crippen LogP contribution >= 0.6 is 0 Å². The molecule has 5 rings (SSSR count). The van der Waals surface area contributed by atoms with Gasteiger partial charge < -0.3 is 14.6 Å². The van der Waals surface area contributed by atoms with Crippen molar-refractivity contribution in [2.75, 3.05) is 24.7 Å². The van der Waals surface area contributed by atoms with E-state index in [1.54, 1.807) is 6.20 Å². The van der Waals surface area contributed by atoms with Gasteiger partial charge in [-0.15, -0.1) is 10.2 Å². The Hall–Kier alpha value is -3.33. The van der Waals surface area contributed by atoms with E-state index in [0.717, 1.165) is 29.4 Å². The van der Waals surface area contributed by atoms with E-state index in [1.807, 2.05) is 30.5 Å². The molecule has 9 heteroatoms. The van der Waals surface area contributed by atoms with Gasteiger partial charge in [-0.05, 0) is 39.0 Å². The number of hydrogen-bond donors (Lipinski definition) is 1. The molecular weight excluding hydrogens is 385 g/mol. The number of aryl methyl sites for hydroxylation is 2. The first-order valence-corrected chi connectivity index (χ1v) is 9.91.